The van der Waals surface area contributed by atoms with Crippen LogP contribution in [0.5, 0.6) is 0 Å². The molecule has 0 saturated carbocycles. The van der Waals surface area contributed by atoms with Crippen molar-refractivity contribution in [2.24, 2.45) is 0 Å². The first-order valence-electron chi connectivity index (χ1n) is 7.23. The van der Waals surface area contributed by atoms with Gasteiger partial charge < -0.3 is 0 Å². The van der Waals surface area contributed by atoms with Gasteiger partial charge in [-0.15, -0.1) is 11.3 Å². The summed E-state index contributed by atoms with van der Waals surface area (Å²) < 4.78 is 26.8. The molecule has 0 spiro atoms. The average molecular weight is 344 g/mol. The fourth-order valence-corrected chi connectivity index (χ4v) is 2.92. The highest BCUT2D eigenvalue weighted by atomic mass is 32.1. The number of hydrogen-bond donors (Lipinski definition) is 1. The molecule has 1 heterocycles. The molecule has 0 atom stereocenters. The molecule has 0 saturated heterocycles. The minimum absolute atomic E-state index is 0.330. The lowest BCUT2D eigenvalue weighted by Crippen LogP contribution is -2.13. The van der Waals surface area contributed by atoms with Gasteiger partial charge in [0, 0.05) is 10.9 Å². The minimum atomic E-state index is -0.778. The average Bonchev–Trinajstić information content (AvgIpc) is 3.00. The van der Waals surface area contributed by atoms with Crippen LogP contribution in [0.3, 0.4) is 0 Å². The molecule has 0 radical (unpaired) electrons. The summed E-state index contributed by atoms with van der Waals surface area (Å²) in [6.07, 6.45) is 0. The van der Waals surface area contributed by atoms with E-state index in [0.717, 1.165) is 35.0 Å². The molecule has 0 unspecified atom stereocenters. The largest absolute Gasteiger partial charge is 0.298 e. The van der Waals surface area contributed by atoms with Crippen molar-refractivity contribution in [3.63, 3.8) is 0 Å². The van der Waals surface area contributed by atoms with Crippen molar-refractivity contribution in [3.8, 4) is 11.3 Å². The number of rotatable bonds is 3. The Bertz CT molecular complexity index is 921. The summed E-state index contributed by atoms with van der Waals surface area (Å²) in [5, 5.41) is 4.64. The maximum absolute atomic E-state index is 13.6. The van der Waals surface area contributed by atoms with Crippen LogP contribution in [0.4, 0.5) is 13.9 Å². The first-order valence-corrected chi connectivity index (χ1v) is 8.11. The molecule has 0 bridgehead atoms. The molecule has 0 aliphatic rings. The molecule has 3 aromatic rings. The third-order valence-electron chi connectivity index (χ3n) is 3.70. The Morgan fingerprint density at radius 3 is 2.62 bits per heavy atom. The third-order valence-corrected chi connectivity index (χ3v) is 4.46. The number of aromatic nitrogens is 1. The van der Waals surface area contributed by atoms with E-state index in [4.69, 9.17) is 0 Å². The topological polar surface area (TPSA) is 42.0 Å². The first kappa shape index (κ1) is 16.3. The summed E-state index contributed by atoms with van der Waals surface area (Å²) >= 11 is 1.23. The van der Waals surface area contributed by atoms with Gasteiger partial charge in [0.25, 0.3) is 5.91 Å². The number of nitrogens with zero attached hydrogens (tertiary/aromatic N) is 1. The number of amides is 1. The fourth-order valence-electron chi connectivity index (χ4n) is 2.20. The van der Waals surface area contributed by atoms with E-state index in [1.54, 1.807) is 0 Å². The van der Waals surface area contributed by atoms with Gasteiger partial charge in [0.2, 0.25) is 0 Å². The number of nitrogens with one attached hydrogen (secondary N) is 1. The van der Waals surface area contributed by atoms with Crippen molar-refractivity contribution in [2.75, 3.05) is 5.32 Å². The Balaban J connectivity index is 1.82. The van der Waals surface area contributed by atoms with E-state index in [2.05, 4.69) is 10.3 Å². The summed E-state index contributed by atoms with van der Waals surface area (Å²) in [6, 6.07) is 8.73. The molecule has 1 aromatic heterocycles. The number of carbonyl (C=O) groups excluding carboxylic acids is 1. The van der Waals surface area contributed by atoms with Gasteiger partial charge in [0.1, 0.15) is 11.6 Å². The maximum Gasteiger partial charge on any atom is 0.260 e. The van der Waals surface area contributed by atoms with Crippen molar-refractivity contribution in [1.29, 1.82) is 0 Å². The van der Waals surface area contributed by atoms with E-state index < -0.39 is 17.5 Å². The Hall–Kier alpha value is -2.60. The molecule has 1 N–H and O–H groups in total. The van der Waals surface area contributed by atoms with E-state index >= 15 is 0 Å². The summed E-state index contributed by atoms with van der Waals surface area (Å²) in [7, 11) is 0. The van der Waals surface area contributed by atoms with Gasteiger partial charge in [-0.25, -0.2) is 13.8 Å². The molecule has 0 aliphatic carbocycles. The molecule has 0 fully saturated rings. The third kappa shape index (κ3) is 3.33. The van der Waals surface area contributed by atoms with E-state index in [9.17, 15) is 13.6 Å². The smallest absolute Gasteiger partial charge is 0.260 e. The zero-order valence-corrected chi connectivity index (χ0v) is 13.9. The number of thiazole rings is 1. The minimum Gasteiger partial charge on any atom is -0.298 e. The predicted molar refractivity (Wildman–Crippen MR) is 91.3 cm³/mol. The van der Waals surface area contributed by atoms with Crippen molar-refractivity contribution in [2.45, 2.75) is 13.8 Å². The number of anilines is 1. The van der Waals surface area contributed by atoms with Gasteiger partial charge in [-0.2, -0.15) is 0 Å². The van der Waals surface area contributed by atoms with Crippen LogP contribution in [0.25, 0.3) is 11.3 Å². The summed E-state index contributed by atoms with van der Waals surface area (Å²) in [6.45, 7) is 4.04. The number of halogens is 2. The Morgan fingerprint density at radius 2 is 1.88 bits per heavy atom. The first-order chi connectivity index (χ1) is 11.4. The highest BCUT2D eigenvalue weighted by Gasteiger charge is 2.15. The highest BCUT2D eigenvalue weighted by molar-refractivity contribution is 7.14. The van der Waals surface area contributed by atoms with Crippen LogP contribution < -0.4 is 5.32 Å². The Kier molecular flexibility index (Phi) is 4.40. The van der Waals surface area contributed by atoms with E-state index in [1.807, 2.05) is 37.4 Å². The summed E-state index contributed by atoms with van der Waals surface area (Å²) in [4.78, 5) is 16.4. The molecule has 3 nitrogen and oxygen atoms in total. The predicted octanol–water partition coefficient (Wildman–Crippen LogP) is 4.96. The van der Waals surface area contributed by atoms with Gasteiger partial charge in [0.15, 0.2) is 5.13 Å². The zero-order valence-electron chi connectivity index (χ0n) is 13.1. The molecule has 1 amide bonds. The van der Waals surface area contributed by atoms with Crippen LogP contribution in [0.2, 0.25) is 0 Å². The van der Waals surface area contributed by atoms with Crippen LogP contribution in [0.1, 0.15) is 21.5 Å². The normalized spacial score (nSPS) is 10.7. The standard InChI is InChI=1S/C18H14F2N2OS/c1-10-3-4-12(7-11(10)2)16-9-24-18(21-16)22-17(23)14-8-13(19)5-6-15(14)20/h3-9H,1-2H3,(H,21,22,23). The molecule has 24 heavy (non-hydrogen) atoms. The van der Waals surface area contributed by atoms with Crippen LogP contribution in [-0.4, -0.2) is 10.9 Å². The van der Waals surface area contributed by atoms with Gasteiger partial charge >= 0.3 is 0 Å². The molecule has 3 rings (SSSR count). The summed E-state index contributed by atoms with van der Waals surface area (Å²) in [5.41, 5.74) is 3.64. The van der Waals surface area contributed by atoms with E-state index in [-0.39, 0.29) is 5.56 Å². The zero-order chi connectivity index (χ0) is 17.3. The summed E-state index contributed by atoms with van der Waals surface area (Å²) in [5.74, 6) is -2.18. The number of aryl methyl sites for hydroxylation is 2. The second kappa shape index (κ2) is 6.49. The lowest BCUT2D eigenvalue weighted by molar-refractivity contribution is 0.102. The van der Waals surface area contributed by atoms with E-state index in [1.165, 1.54) is 16.9 Å². The number of carbonyl (C=O) groups is 1. The maximum atomic E-state index is 13.6. The second-order valence-electron chi connectivity index (χ2n) is 5.42. The lowest BCUT2D eigenvalue weighted by atomic mass is 10.1. The van der Waals surface area contributed by atoms with Gasteiger partial charge in [0.05, 0.1) is 11.3 Å². The van der Waals surface area contributed by atoms with Gasteiger partial charge in [-0.3, -0.25) is 10.1 Å². The highest BCUT2D eigenvalue weighted by Crippen LogP contribution is 2.27. The van der Waals surface area contributed by atoms with Crippen molar-refractivity contribution >= 4 is 22.4 Å². The van der Waals surface area contributed by atoms with Crippen molar-refractivity contribution in [3.05, 3.63) is 70.1 Å². The Morgan fingerprint density at radius 1 is 1.08 bits per heavy atom. The van der Waals surface area contributed by atoms with E-state index in [0.29, 0.717) is 5.13 Å². The molecule has 6 heteroatoms. The fraction of sp³-hybridized carbons (Fsp3) is 0.111. The van der Waals surface area contributed by atoms with Gasteiger partial charge in [-0.05, 0) is 49.2 Å². The number of benzene rings is 2. The molecular weight excluding hydrogens is 330 g/mol. The molecule has 122 valence electrons. The van der Waals surface area contributed by atoms with Gasteiger partial charge in [-0.1, -0.05) is 12.1 Å². The van der Waals surface area contributed by atoms with Crippen molar-refractivity contribution in [1.82, 2.24) is 4.98 Å². The molecule has 0 aliphatic heterocycles. The quantitative estimate of drug-likeness (QED) is 0.730. The Labute approximate surface area is 142 Å². The van der Waals surface area contributed by atoms with Crippen LogP contribution in [0, 0.1) is 25.5 Å². The monoisotopic (exact) mass is 344 g/mol. The molecule has 2 aromatic carbocycles. The second-order valence-corrected chi connectivity index (χ2v) is 6.27. The van der Waals surface area contributed by atoms with Crippen molar-refractivity contribution < 1.29 is 13.6 Å². The van der Waals surface area contributed by atoms with Crippen LogP contribution >= 0.6 is 11.3 Å². The van der Waals surface area contributed by atoms with Crippen LogP contribution in [0.15, 0.2) is 41.8 Å². The van der Waals surface area contributed by atoms with Crippen LogP contribution in [-0.2, 0) is 0 Å². The number of hydrogen-bond acceptors (Lipinski definition) is 3. The lowest BCUT2D eigenvalue weighted by Gasteiger charge is -2.04. The SMILES string of the molecule is Cc1ccc(-c2csc(NC(=O)c3cc(F)ccc3F)n2)cc1C. The molecular formula is C18H14F2N2OS.